The quantitative estimate of drug-likeness (QED) is 0.307. The summed E-state index contributed by atoms with van der Waals surface area (Å²) >= 11 is 1.61. The van der Waals surface area contributed by atoms with Crippen LogP contribution in [0.1, 0.15) is 16.8 Å². The fraction of sp³-hybridized carbons (Fsp3) is 0.120. The third-order valence-corrected chi connectivity index (χ3v) is 6.19. The van der Waals surface area contributed by atoms with E-state index >= 15 is 0 Å². The maximum Gasteiger partial charge on any atom is 0.204 e. The van der Waals surface area contributed by atoms with Crippen LogP contribution in [0.15, 0.2) is 84.4 Å². The average molecular weight is 454 g/mol. The van der Waals surface area contributed by atoms with Crippen LogP contribution in [0.3, 0.4) is 0 Å². The highest BCUT2D eigenvalue weighted by Gasteiger charge is 2.18. The maximum absolute atomic E-state index is 4.51. The number of hydrogen-bond acceptors (Lipinski definition) is 6. The molecule has 0 amide bonds. The van der Waals surface area contributed by atoms with Crippen molar-refractivity contribution in [2.24, 2.45) is 0 Å². The van der Waals surface area contributed by atoms with Gasteiger partial charge in [-0.15, -0.1) is 10.2 Å². The average Bonchev–Trinajstić information content (AvgIpc) is 3.47. The molecule has 5 rings (SSSR count). The predicted octanol–water partition coefficient (Wildman–Crippen LogP) is 5.71. The van der Waals surface area contributed by atoms with Gasteiger partial charge in [-0.2, -0.15) is 0 Å². The minimum absolute atomic E-state index is 0.680. The number of anilines is 2. The number of nitrogens with zero attached hydrogens (tertiary/aromatic N) is 5. The number of thioether (sulfide) groups is 1. The number of aromatic amines is 1. The molecule has 0 spiro atoms. The largest absolute Gasteiger partial charge is 0.327 e. The highest BCUT2D eigenvalue weighted by atomic mass is 32.2. The van der Waals surface area contributed by atoms with Crippen LogP contribution in [0.2, 0.25) is 0 Å². The van der Waals surface area contributed by atoms with E-state index in [1.807, 2.05) is 48.8 Å². The molecule has 0 saturated heterocycles. The zero-order valence-corrected chi connectivity index (χ0v) is 19.2. The summed E-state index contributed by atoms with van der Waals surface area (Å²) in [6.45, 7) is 4.16. The van der Waals surface area contributed by atoms with Gasteiger partial charge < -0.3 is 10.3 Å². The monoisotopic (exact) mass is 453 g/mol. The SMILES string of the molecule is Cc1ccc(Nc2ncc(CSc3nnc(-c4cccnc4)n3-c3ccccc3C)[nH]2)cc1. The topological polar surface area (TPSA) is 84.3 Å². The Bertz CT molecular complexity index is 1360. The molecule has 0 unspecified atom stereocenters. The summed E-state index contributed by atoms with van der Waals surface area (Å²) < 4.78 is 2.10. The first kappa shape index (κ1) is 21.0. The molecule has 2 N–H and O–H groups in total. The number of hydrogen-bond donors (Lipinski definition) is 2. The molecule has 2 aromatic carbocycles. The zero-order valence-electron chi connectivity index (χ0n) is 18.4. The van der Waals surface area contributed by atoms with Gasteiger partial charge in [0, 0.05) is 35.1 Å². The minimum Gasteiger partial charge on any atom is -0.327 e. The van der Waals surface area contributed by atoms with Gasteiger partial charge in [0.1, 0.15) is 0 Å². The second-order valence-electron chi connectivity index (χ2n) is 7.71. The Morgan fingerprint density at radius 2 is 1.79 bits per heavy atom. The number of aryl methyl sites for hydroxylation is 2. The second-order valence-corrected chi connectivity index (χ2v) is 8.65. The number of H-pyrrole nitrogens is 1. The summed E-state index contributed by atoms with van der Waals surface area (Å²) in [5.74, 6) is 2.16. The van der Waals surface area contributed by atoms with E-state index in [-0.39, 0.29) is 0 Å². The van der Waals surface area contributed by atoms with Gasteiger partial charge in [0.05, 0.1) is 11.9 Å². The number of pyridine rings is 1. The molecule has 8 heteroatoms. The lowest BCUT2D eigenvalue weighted by atomic mass is 10.2. The van der Waals surface area contributed by atoms with E-state index in [9.17, 15) is 0 Å². The Hall–Kier alpha value is -3.91. The van der Waals surface area contributed by atoms with Crippen LogP contribution < -0.4 is 5.32 Å². The number of nitrogens with one attached hydrogen (secondary N) is 2. The number of imidazole rings is 1. The van der Waals surface area contributed by atoms with Gasteiger partial charge in [0.2, 0.25) is 5.95 Å². The van der Waals surface area contributed by atoms with Gasteiger partial charge in [-0.1, -0.05) is 47.7 Å². The first-order valence-electron chi connectivity index (χ1n) is 10.6. The van der Waals surface area contributed by atoms with Crippen LogP contribution in [0, 0.1) is 13.8 Å². The number of para-hydroxylation sites is 1. The molecule has 0 aliphatic carbocycles. The van der Waals surface area contributed by atoms with E-state index < -0.39 is 0 Å². The Labute approximate surface area is 196 Å². The second kappa shape index (κ2) is 9.30. The van der Waals surface area contributed by atoms with Crippen LogP contribution >= 0.6 is 11.8 Å². The van der Waals surface area contributed by atoms with E-state index in [4.69, 9.17) is 0 Å². The van der Waals surface area contributed by atoms with Crippen molar-refractivity contribution in [3.63, 3.8) is 0 Å². The van der Waals surface area contributed by atoms with E-state index in [0.29, 0.717) is 11.7 Å². The molecule has 3 heterocycles. The van der Waals surface area contributed by atoms with Crippen molar-refractivity contribution >= 4 is 23.4 Å². The summed E-state index contributed by atoms with van der Waals surface area (Å²) in [6, 6.07) is 20.4. The van der Waals surface area contributed by atoms with Crippen molar-refractivity contribution < 1.29 is 0 Å². The van der Waals surface area contributed by atoms with Gasteiger partial charge in [0.15, 0.2) is 11.0 Å². The van der Waals surface area contributed by atoms with Crippen molar-refractivity contribution in [2.75, 3.05) is 5.32 Å². The molecule has 7 nitrogen and oxygen atoms in total. The molecule has 0 fully saturated rings. The van der Waals surface area contributed by atoms with E-state index in [0.717, 1.165) is 39.2 Å². The molecular formula is C25H23N7S. The molecule has 3 aromatic heterocycles. The van der Waals surface area contributed by atoms with Gasteiger partial charge in [-0.3, -0.25) is 9.55 Å². The lowest BCUT2D eigenvalue weighted by molar-refractivity contribution is 0.879. The third-order valence-electron chi connectivity index (χ3n) is 5.21. The van der Waals surface area contributed by atoms with Crippen LogP contribution in [-0.4, -0.2) is 29.7 Å². The standard InChI is InChI=1S/C25H23N7S/c1-17-9-11-20(12-10-17)28-24-27-15-21(29-24)16-33-25-31-30-23(19-7-5-13-26-14-19)32(25)22-8-4-3-6-18(22)2/h3-15H,16H2,1-2H3,(H2,27,28,29). The van der Waals surface area contributed by atoms with Gasteiger partial charge >= 0.3 is 0 Å². The first-order chi connectivity index (χ1) is 16.2. The summed E-state index contributed by atoms with van der Waals surface area (Å²) in [7, 11) is 0. The van der Waals surface area contributed by atoms with Crippen molar-refractivity contribution in [1.82, 2.24) is 29.7 Å². The predicted molar refractivity (Wildman–Crippen MR) is 132 cm³/mol. The van der Waals surface area contributed by atoms with Crippen molar-refractivity contribution in [3.05, 3.63) is 96.1 Å². The lowest BCUT2D eigenvalue weighted by Gasteiger charge is -2.12. The molecular weight excluding hydrogens is 430 g/mol. The Morgan fingerprint density at radius 3 is 2.58 bits per heavy atom. The molecule has 0 radical (unpaired) electrons. The minimum atomic E-state index is 0.680. The highest BCUT2D eigenvalue weighted by Crippen LogP contribution is 2.30. The van der Waals surface area contributed by atoms with Crippen LogP contribution in [0.5, 0.6) is 0 Å². The number of rotatable bonds is 7. The fourth-order valence-electron chi connectivity index (χ4n) is 3.49. The molecule has 5 aromatic rings. The molecule has 164 valence electrons. The molecule has 0 aliphatic heterocycles. The van der Waals surface area contributed by atoms with Gasteiger partial charge in [-0.05, 0) is 49.7 Å². The van der Waals surface area contributed by atoms with Gasteiger partial charge in [-0.25, -0.2) is 4.98 Å². The zero-order chi connectivity index (χ0) is 22.6. The Balaban J connectivity index is 1.39. The summed E-state index contributed by atoms with van der Waals surface area (Å²) in [4.78, 5) is 12.1. The summed E-state index contributed by atoms with van der Waals surface area (Å²) in [5.41, 5.74) is 6.34. The summed E-state index contributed by atoms with van der Waals surface area (Å²) in [5, 5.41) is 13.1. The van der Waals surface area contributed by atoms with Crippen LogP contribution in [-0.2, 0) is 5.75 Å². The highest BCUT2D eigenvalue weighted by molar-refractivity contribution is 7.98. The molecule has 0 bridgehead atoms. The Morgan fingerprint density at radius 1 is 0.939 bits per heavy atom. The van der Waals surface area contributed by atoms with Crippen LogP contribution in [0.25, 0.3) is 17.1 Å². The van der Waals surface area contributed by atoms with Crippen molar-refractivity contribution in [1.29, 1.82) is 0 Å². The smallest absolute Gasteiger partial charge is 0.204 e. The van der Waals surface area contributed by atoms with Crippen molar-refractivity contribution in [3.8, 4) is 17.1 Å². The Kier molecular flexibility index (Phi) is 5.91. The van der Waals surface area contributed by atoms with Crippen LogP contribution in [0.4, 0.5) is 11.6 Å². The summed E-state index contributed by atoms with van der Waals surface area (Å²) in [6.07, 6.45) is 5.42. The lowest BCUT2D eigenvalue weighted by Crippen LogP contribution is -2.02. The normalized spacial score (nSPS) is 11.0. The molecule has 0 aliphatic rings. The molecule has 0 saturated carbocycles. The maximum atomic E-state index is 4.51. The van der Waals surface area contributed by atoms with E-state index in [2.05, 4.69) is 73.1 Å². The molecule has 0 atom stereocenters. The first-order valence-corrected chi connectivity index (χ1v) is 11.6. The van der Waals surface area contributed by atoms with E-state index in [1.54, 1.807) is 18.0 Å². The molecule has 33 heavy (non-hydrogen) atoms. The van der Waals surface area contributed by atoms with Gasteiger partial charge in [0.25, 0.3) is 0 Å². The fourth-order valence-corrected chi connectivity index (χ4v) is 4.33. The van der Waals surface area contributed by atoms with Crippen molar-refractivity contribution in [2.45, 2.75) is 24.8 Å². The number of benzene rings is 2. The van der Waals surface area contributed by atoms with E-state index in [1.165, 1.54) is 5.56 Å². The third kappa shape index (κ3) is 4.65. The number of aromatic nitrogens is 6.